The van der Waals surface area contributed by atoms with E-state index in [1.54, 1.807) is 7.11 Å². The van der Waals surface area contributed by atoms with Crippen LogP contribution >= 0.6 is 11.6 Å². The summed E-state index contributed by atoms with van der Waals surface area (Å²) in [6, 6.07) is 19.6. The maximum Gasteiger partial charge on any atom is 0.137 e. The van der Waals surface area contributed by atoms with Crippen LogP contribution in [-0.2, 0) is 6.42 Å². The number of hydrogen-bond donors (Lipinski definition) is 0. The number of benzene rings is 3. The highest BCUT2D eigenvalue weighted by molar-refractivity contribution is 6.32. The Hall–Kier alpha value is -2.03. The number of hydrogen-bond acceptors (Lipinski definition) is 2. The molecule has 1 aliphatic heterocycles. The van der Waals surface area contributed by atoms with Crippen LogP contribution in [0, 0.1) is 0 Å². The van der Waals surface area contributed by atoms with Crippen molar-refractivity contribution >= 4 is 22.4 Å². The third kappa shape index (κ3) is 3.12. The number of methoxy groups -OCH3 is 1. The lowest BCUT2D eigenvalue weighted by Crippen LogP contribution is -2.24. The van der Waals surface area contributed by atoms with E-state index in [4.69, 9.17) is 16.3 Å². The molecule has 0 spiro atoms. The average Bonchev–Trinajstić information content (AvgIpc) is 2.79. The van der Waals surface area contributed by atoms with E-state index >= 15 is 0 Å². The maximum atomic E-state index is 6.38. The molecule has 0 aliphatic carbocycles. The van der Waals surface area contributed by atoms with Gasteiger partial charge in [-0.15, -0.1) is 0 Å². The summed E-state index contributed by atoms with van der Waals surface area (Å²) in [6.45, 7) is 2.04. The number of halogens is 1. The van der Waals surface area contributed by atoms with Crippen LogP contribution in [0.3, 0.4) is 0 Å². The lowest BCUT2D eigenvalue weighted by atomic mass is 9.87. The molecule has 1 atom stereocenters. The molecule has 1 aliphatic rings. The molecular weight excluding hydrogens is 330 g/mol. The number of nitrogens with zero attached hydrogens (tertiary/aromatic N) is 1. The van der Waals surface area contributed by atoms with Crippen LogP contribution in [0.5, 0.6) is 5.75 Å². The second-order valence-electron chi connectivity index (χ2n) is 6.86. The van der Waals surface area contributed by atoms with E-state index in [9.17, 15) is 0 Å². The summed E-state index contributed by atoms with van der Waals surface area (Å²) in [5.74, 6) is 1.08. The Morgan fingerprint density at radius 2 is 1.84 bits per heavy atom. The van der Waals surface area contributed by atoms with Crippen molar-refractivity contribution in [3.05, 3.63) is 76.3 Å². The molecular formula is C22H22ClNO. The summed E-state index contributed by atoms with van der Waals surface area (Å²) in [4.78, 5) is 2.40. The SMILES string of the molecule is COc1cc2c(cc1Cl)CCN(C)CC2c1ccc2ccccc2c1. The Balaban J connectivity index is 1.87. The van der Waals surface area contributed by atoms with Crippen molar-refractivity contribution < 1.29 is 4.74 Å². The minimum atomic E-state index is 0.318. The van der Waals surface area contributed by atoms with Gasteiger partial charge in [0.05, 0.1) is 12.1 Å². The largest absolute Gasteiger partial charge is 0.495 e. The molecule has 0 saturated carbocycles. The summed E-state index contributed by atoms with van der Waals surface area (Å²) in [5.41, 5.74) is 4.01. The predicted octanol–water partition coefficient (Wildman–Crippen LogP) is 5.12. The van der Waals surface area contributed by atoms with Crippen LogP contribution in [0.15, 0.2) is 54.6 Å². The van der Waals surface area contributed by atoms with Gasteiger partial charge < -0.3 is 9.64 Å². The fraction of sp³-hybridized carbons (Fsp3) is 0.273. The molecule has 3 aromatic carbocycles. The van der Waals surface area contributed by atoms with Gasteiger partial charge >= 0.3 is 0 Å². The van der Waals surface area contributed by atoms with Crippen molar-refractivity contribution in [1.29, 1.82) is 0 Å². The smallest absolute Gasteiger partial charge is 0.137 e. The third-order valence-electron chi connectivity index (χ3n) is 5.22. The zero-order valence-electron chi connectivity index (χ0n) is 14.6. The zero-order valence-corrected chi connectivity index (χ0v) is 15.4. The summed E-state index contributed by atoms with van der Waals surface area (Å²) in [5, 5.41) is 3.26. The number of ether oxygens (including phenoxy) is 1. The van der Waals surface area contributed by atoms with Crippen LogP contribution in [0.25, 0.3) is 10.8 Å². The van der Waals surface area contributed by atoms with Crippen molar-refractivity contribution in [2.45, 2.75) is 12.3 Å². The number of fused-ring (bicyclic) bond motifs is 2. The van der Waals surface area contributed by atoms with E-state index in [0.29, 0.717) is 10.9 Å². The van der Waals surface area contributed by atoms with E-state index in [1.165, 1.54) is 27.5 Å². The Labute approximate surface area is 154 Å². The topological polar surface area (TPSA) is 12.5 Å². The monoisotopic (exact) mass is 351 g/mol. The van der Waals surface area contributed by atoms with Crippen LogP contribution in [0.1, 0.15) is 22.6 Å². The fourth-order valence-electron chi connectivity index (χ4n) is 3.83. The number of rotatable bonds is 2. The lowest BCUT2D eigenvalue weighted by molar-refractivity contribution is 0.338. The van der Waals surface area contributed by atoms with Gasteiger partial charge in [-0.25, -0.2) is 0 Å². The summed E-state index contributed by atoms with van der Waals surface area (Å²) >= 11 is 6.38. The molecule has 2 nitrogen and oxygen atoms in total. The van der Waals surface area contributed by atoms with Crippen LogP contribution in [0.2, 0.25) is 5.02 Å². The van der Waals surface area contributed by atoms with Gasteiger partial charge in [-0.1, -0.05) is 54.1 Å². The highest BCUT2D eigenvalue weighted by atomic mass is 35.5. The van der Waals surface area contributed by atoms with E-state index in [0.717, 1.165) is 25.3 Å². The highest BCUT2D eigenvalue weighted by Gasteiger charge is 2.24. The molecule has 0 bridgehead atoms. The first-order valence-corrected chi connectivity index (χ1v) is 9.07. The average molecular weight is 352 g/mol. The van der Waals surface area contributed by atoms with E-state index in [2.05, 4.69) is 66.5 Å². The molecule has 1 heterocycles. The normalized spacial score (nSPS) is 18.0. The van der Waals surface area contributed by atoms with Gasteiger partial charge in [0, 0.05) is 19.0 Å². The minimum absolute atomic E-state index is 0.318. The van der Waals surface area contributed by atoms with Gasteiger partial charge in [0.1, 0.15) is 5.75 Å². The van der Waals surface area contributed by atoms with Crippen LogP contribution in [0.4, 0.5) is 0 Å². The second kappa shape index (κ2) is 6.70. The van der Waals surface area contributed by atoms with Crippen molar-refractivity contribution in [2.75, 3.05) is 27.2 Å². The van der Waals surface area contributed by atoms with Crippen molar-refractivity contribution in [3.8, 4) is 5.75 Å². The quantitative estimate of drug-likeness (QED) is 0.635. The number of likely N-dealkylation sites (N-methyl/N-ethyl adjacent to an activating group) is 1. The lowest BCUT2D eigenvalue weighted by Gasteiger charge is -2.23. The highest BCUT2D eigenvalue weighted by Crippen LogP contribution is 2.37. The van der Waals surface area contributed by atoms with E-state index < -0.39 is 0 Å². The molecule has 25 heavy (non-hydrogen) atoms. The van der Waals surface area contributed by atoms with Gasteiger partial charge in [0.2, 0.25) is 0 Å². The molecule has 0 radical (unpaired) electrons. The molecule has 0 saturated heterocycles. The van der Waals surface area contributed by atoms with Crippen molar-refractivity contribution in [3.63, 3.8) is 0 Å². The molecule has 0 aromatic heterocycles. The molecule has 128 valence electrons. The predicted molar refractivity (Wildman–Crippen MR) is 105 cm³/mol. The Kier molecular flexibility index (Phi) is 4.41. The first-order valence-electron chi connectivity index (χ1n) is 8.69. The van der Waals surface area contributed by atoms with Gasteiger partial charge in [-0.05, 0) is 53.1 Å². The summed E-state index contributed by atoms with van der Waals surface area (Å²) in [6.07, 6.45) is 1.01. The summed E-state index contributed by atoms with van der Waals surface area (Å²) < 4.78 is 5.49. The fourth-order valence-corrected chi connectivity index (χ4v) is 4.09. The molecule has 4 rings (SSSR count). The molecule has 3 heteroatoms. The van der Waals surface area contributed by atoms with E-state index in [-0.39, 0.29) is 0 Å². The zero-order chi connectivity index (χ0) is 17.4. The third-order valence-corrected chi connectivity index (χ3v) is 5.52. The Morgan fingerprint density at radius 3 is 2.64 bits per heavy atom. The molecule has 0 fully saturated rings. The van der Waals surface area contributed by atoms with Crippen LogP contribution in [-0.4, -0.2) is 32.1 Å². The van der Waals surface area contributed by atoms with Gasteiger partial charge in [0.25, 0.3) is 0 Å². The van der Waals surface area contributed by atoms with Gasteiger partial charge in [-0.3, -0.25) is 0 Å². The molecule has 0 N–H and O–H groups in total. The molecule has 0 amide bonds. The minimum Gasteiger partial charge on any atom is -0.495 e. The standard InChI is InChI=1S/C22H22ClNO/c1-24-10-9-18-12-21(23)22(25-2)13-19(18)20(14-24)17-8-7-15-5-3-4-6-16(15)11-17/h3-8,11-13,20H,9-10,14H2,1-2H3. The van der Waals surface area contributed by atoms with Gasteiger partial charge in [-0.2, -0.15) is 0 Å². The van der Waals surface area contributed by atoms with Crippen molar-refractivity contribution in [1.82, 2.24) is 4.90 Å². The summed E-state index contributed by atoms with van der Waals surface area (Å²) in [7, 11) is 3.88. The molecule has 3 aromatic rings. The van der Waals surface area contributed by atoms with Crippen LogP contribution < -0.4 is 4.74 Å². The Bertz CT molecular complexity index is 921. The van der Waals surface area contributed by atoms with E-state index in [1.807, 2.05) is 0 Å². The van der Waals surface area contributed by atoms with Gasteiger partial charge in [0.15, 0.2) is 0 Å². The Morgan fingerprint density at radius 1 is 1.04 bits per heavy atom. The molecule has 1 unspecified atom stereocenters. The second-order valence-corrected chi connectivity index (χ2v) is 7.26. The van der Waals surface area contributed by atoms with Crippen molar-refractivity contribution in [2.24, 2.45) is 0 Å². The first-order chi connectivity index (χ1) is 12.2. The maximum absolute atomic E-state index is 6.38. The first kappa shape index (κ1) is 16.4.